The van der Waals surface area contributed by atoms with Crippen LogP contribution in [0.4, 0.5) is 0 Å². The van der Waals surface area contributed by atoms with E-state index in [0.29, 0.717) is 0 Å². The SMILES string of the molecule is CC[Si](=[Zr+2])CC.CCc1cc2c(-c3ccc(C)cc3)ccc(C)c2[cH-]1.Cc1ccc(-c2ccc(C)c3[cH-]c(C)cc23)cc1.[Cl-].[Cl-]. The number of benzene rings is 4. The van der Waals surface area contributed by atoms with Crippen LogP contribution in [0.5, 0.6) is 0 Å². The van der Waals surface area contributed by atoms with Crippen LogP contribution in [0, 0.1) is 34.6 Å². The summed E-state index contributed by atoms with van der Waals surface area (Å²) in [6.45, 7) is 17.6. The van der Waals surface area contributed by atoms with E-state index in [-0.39, 0.29) is 30.2 Å². The van der Waals surface area contributed by atoms with E-state index in [4.69, 9.17) is 0 Å². The molecule has 6 aromatic rings. The Morgan fingerprint density at radius 2 is 0.978 bits per heavy atom. The van der Waals surface area contributed by atoms with E-state index in [0.717, 1.165) is 6.42 Å². The maximum atomic E-state index is 2.34. The molecule has 0 aliphatic rings. The van der Waals surface area contributed by atoms with Crippen LogP contribution in [0.3, 0.4) is 0 Å². The Morgan fingerprint density at radius 1 is 0.556 bits per heavy atom. The van der Waals surface area contributed by atoms with E-state index in [1.807, 2.05) is 0 Å². The van der Waals surface area contributed by atoms with Crippen LogP contribution >= 0.6 is 0 Å². The fourth-order valence-electron chi connectivity index (χ4n) is 5.52. The van der Waals surface area contributed by atoms with Crippen molar-refractivity contribution in [2.24, 2.45) is 0 Å². The first-order valence-electron chi connectivity index (χ1n) is 15.7. The summed E-state index contributed by atoms with van der Waals surface area (Å²) >= 11 is 1.80. The van der Waals surface area contributed by atoms with Crippen molar-refractivity contribution in [3.05, 3.63) is 130 Å². The quantitative estimate of drug-likeness (QED) is 0.148. The van der Waals surface area contributed by atoms with E-state index in [1.165, 1.54) is 89.3 Å². The number of halogens is 2. The van der Waals surface area contributed by atoms with E-state index in [9.17, 15) is 0 Å². The van der Waals surface area contributed by atoms with Crippen LogP contribution in [0.15, 0.2) is 97.1 Å². The van der Waals surface area contributed by atoms with E-state index < -0.39 is 0 Å². The van der Waals surface area contributed by atoms with Gasteiger partial charge in [-0.15, -0.1) is 68.1 Å². The second-order valence-corrected chi connectivity index (χ2v) is 19.6. The number of rotatable bonds is 5. The summed E-state index contributed by atoms with van der Waals surface area (Å²) in [6, 6.07) is 38.7. The van der Waals surface area contributed by atoms with Crippen molar-refractivity contribution in [2.75, 3.05) is 0 Å². The number of fused-ring (bicyclic) bond motifs is 2. The summed E-state index contributed by atoms with van der Waals surface area (Å²) in [5.41, 5.74) is 13.6. The van der Waals surface area contributed by atoms with E-state index >= 15 is 0 Å². The monoisotopic (exact) mass is 726 g/mol. The smallest absolute Gasteiger partial charge is 0.0279 e. The third-order valence-electron chi connectivity index (χ3n) is 8.40. The molecule has 0 N–H and O–H groups in total. The minimum atomic E-state index is 0. The molecule has 4 heteroatoms. The molecule has 45 heavy (non-hydrogen) atoms. The summed E-state index contributed by atoms with van der Waals surface area (Å²) < 4.78 is 0. The van der Waals surface area contributed by atoms with Crippen molar-refractivity contribution in [2.45, 2.75) is 73.9 Å². The van der Waals surface area contributed by atoms with Gasteiger partial charge < -0.3 is 24.8 Å². The fraction of sp³-hybridized carbons (Fsp3) is 0.268. The summed E-state index contributed by atoms with van der Waals surface area (Å²) in [7, 11) is 0. The van der Waals surface area contributed by atoms with Crippen LogP contribution in [0.2, 0.25) is 12.1 Å². The Labute approximate surface area is 299 Å². The second-order valence-electron chi connectivity index (χ2n) is 11.8. The van der Waals surface area contributed by atoms with Gasteiger partial charge in [0.25, 0.3) is 0 Å². The molecule has 6 aromatic carbocycles. The average Bonchev–Trinajstić information content (AvgIpc) is 3.64. The van der Waals surface area contributed by atoms with Gasteiger partial charge in [-0.2, -0.15) is 12.1 Å². The van der Waals surface area contributed by atoms with Crippen molar-refractivity contribution in [1.29, 1.82) is 0 Å². The Morgan fingerprint density at radius 3 is 1.38 bits per heavy atom. The second kappa shape index (κ2) is 18.2. The van der Waals surface area contributed by atoms with E-state index in [2.05, 4.69) is 152 Å². The first kappa shape index (κ1) is 39.0. The molecule has 0 aromatic heterocycles. The fourth-order valence-corrected chi connectivity index (χ4v) is 6.02. The van der Waals surface area contributed by atoms with Crippen molar-refractivity contribution >= 4 is 27.0 Å². The third-order valence-corrected chi connectivity index (χ3v) is 15.3. The van der Waals surface area contributed by atoms with Crippen molar-refractivity contribution in [3.8, 4) is 22.3 Å². The van der Waals surface area contributed by atoms with Crippen LogP contribution in [0.1, 0.15) is 54.2 Å². The molecule has 0 aliphatic carbocycles. The molecule has 0 bridgehead atoms. The number of aryl methyl sites for hydroxylation is 6. The minimum absolute atomic E-state index is 0. The maximum absolute atomic E-state index is 2.34. The predicted octanol–water partition coefficient (Wildman–Crippen LogP) is 6.13. The summed E-state index contributed by atoms with van der Waals surface area (Å²) in [5.74, 6) is 0. The van der Waals surface area contributed by atoms with Crippen molar-refractivity contribution in [3.63, 3.8) is 0 Å². The zero-order valence-electron chi connectivity index (χ0n) is 28.1. The van der Waals surface area contributed by atoms with Gasteiger partial charge in [0.1, 0.15) is 0 Å². The number of hydrogen-bond donors (Lipinski definition) is 0. The molecule has 0 unspecified atom stereocenters. The third kappa shape index (κ3) is 9.89. The molecule has 0 radical (unpaired) electrons. The van der Waals surface area contributed by atoms with Crippen LogP contribution in [0.25, 0.3) is 43.8 Å². The van der Waals surface area contributed by atoms with Crippen LogP contribution in [-0.4, -0.2) is 5.43 Å². The van der Waals surface area contributed by atoms with E-state index in [1.54, 1.807) is 23.3 Å². The molecule has 6 rings (SSSR count). The zero-order chi connectivity index (χ0) is 31.1. The van der Waals surface area contributed by atoms with Gasteiger partial charge >= 0.3 is 54.7 Å². The molecule has 0 amide bonds. The normalized spacial score (nSPS) is 10.3. The predicted molar refractivity (Wildman–Crippen MR) is 190 cm³/mol. The van der Waals surface area contributed by atoms with Gasteiger partial charge in [0.05, 0.1) is 0 Å². The molecular formula is C41H46Cl2SiZr-2. The summed E-state index contributed by atoms with van der Waals surface area (Å²) in [5, 5.41) is 5.54. The van der Waals surface area contributed by atoms with Gasteiger partial charge in [-0.05, 0) is 31.4 Å². The molecule has 0 atom stereocenters. The molecule has 0 fully saturated rings. The van der Waals surface area contributed by atoms with Crippen molar-refractivity contribution < 1.29 is 48.1 Å². The minimum Gasteiger partial charge on any atom is -1.00 e. The molecule has 0 spiro atoms. The van der Waals surface area contributed by atoms with Gasteiger partial charge in [0, 0.05) is 0 Å². The molecule has 0 saturated heterocycles. The van der Waals surface area contributed by atoms with Crippen LogP contribution < -0.4 is 24.8 Å². The molecule has 234 valence electrons. The van der Waals surface area contributed by atoms with Crippen molar-refractivity contribution in [1.82, 2.24) is 0 Å². The Hall–Kier alpha value is -2.22. The summed E-state index contributed by atoms with van der Waals surface area (Å²) in [6.07, 6.45) is 1.10. The van der Waals surface area contributed by atoms with Gasteiger partial charge in [0.2, 0.25) is 0 Å². The summed E-state index contributed by atoms with van der Waals surface area (Å²) in [4.78, 5) is 0. The van der Waals surface area contributed by atoms with Gasteiger partial charge in [0.15, 0.2) is 0 Å². The van der Waals surface area contributed by atoms with Crippen LogP contribution in [-0.2, 0) is 29.8 Å². The largest absolute Gasteiger partial charge is 1.00 e. The number of hydrogen-bond acceptors (Lipinski definition) is 0. The molecule has 0 nitrogen and oxygen atoms in total. The topological polar surface area (TPSA) is 0 Å². The van der Waals surface area contributed by atoms with Gasteiger partial charge in [-0.1, -0.05) is 111 Å². The zero-order valence-corrected chi connectivity index (χ0v) is 33.1. The Balaban J connectivity index is 0.000000257. The molecular weight excluding hydrogens is 683 g/mol. The first-order chi connectivity index (χ1) is 20.6. The average molecular weight is 729 g/mol. The maximum Gasteiger partial charge on any atom is -0.0279 e. The molecule has 0 aliphatic heterocycles. The molecule has 0 heterocycles. The van der Waals surface area contributed by atoms with Gasteiger partial charge in [-0.25, -0.2) is 0 Å². The van der Waals surface area contributed by atoms with Gasteiger partial charge in [-0.3, -0.25) is 0 Å². The molecule has 0 saturated carbocycles. The Kier molecular flexibility index (Phi) is 15.8. The first-order valence-corrected chi connectivity index (χ1v) is 21.3. The standard InChI is InChI=1S/C19H19.C18H17.C4H10Si.2ClH.Zr/c1-4-15-11-18-14(3)7-10-17(19(18)12-15)16-8-5-13(2)6-9-16;1-12-4-7-15(8-5-12)16-9-6-14(3)17-10-13(2)11-18(16)17;1-3-5-4-2;;;/h5-12H,4H2,1-3H3;4-11H,1-3H3;3-4H2,1-2H3;2*1H;/q2*-1;;;;+2/p-2. The Bertz CT molecular complexity index is 1820.